The van der Waals surface area contributed by atoms with Gasteiger partial charge in [0.25, 0.3) is 10.0 Å². The van der Waals surface area contributed by atoms with Gasteiger partial charge in [0.15, 0.2) is 0 Å². The molecule has 0 atom stereocenters. The van der Waals surface area contributed by atoms with Crippen molar-refractivity contribution in [2.24, 2.45) is 4.40 Å². The Hall–Kier alpha value is -3.40. The number of imidazole rings is 1. The Morgan fingerprint density at radius 2 is 1.55 bits per heavy atom. The Morgan fingerprint density at radius 1 is 0.879 bits per heavy atom. The monoisotopic (exact) mass is 477 g/mol. The van der Waals surface area contributed by atoms with Crippen LogP contribution in [-0.4, -0.2) is 17.6 Å². The Balaban J connectivity index is 1.94. The first-order valence-electron chi connectivity index (χ1n) is 10.0. The van der Waals surface area contributed by atoms with Crippen molar-refractivity contribution in [3.05, 3.63) is 95.4 Å². The van der Waals surface area contributed by atoms with Crippen molar-refractivity contribution in [1.29, 1.82) is 0 Å². The number of fused-ring (bicyclic) bond motifs is 1. The number of alkyl halides is 3. The minimum Gasteiger partial charge on any atom is -0.310 e. The average molecular weight is 477 g/mol. The highest BCUT2D eigenvalue weighted by molar-refractivity contribution is 7.90. The number of hydrogen-bond acceptors (Lipinski definition) is 2. The summed E-state index contributed by atoms with van der Waals surface area (Å²) in [6.07, 6.45) is -4.47. The van der Waals surface area contributed by atoms with Crippen LogP contribution in [0.15, 0.2) is 82.1 Å². The van der Waals surface area contributed by atoms with E-state index in [9.17, 15) is 26.0 Å². The Kier molecular flexibility index (Phi) is 5.87. The van der Waals surface area contributed by atoms with E-state index in [-0.39, 0.29) is 17.1 Å². The summed E-state index contributed by atoms with van der Waals surface area (Å²) in [5.74, 6) is -0.533. The fourth-order valence-corrected chi connectivity index (χ4v) is 4.62. The number of hydrogen-bond donors (Lipinski definition) is 0. The summed E-state index contributed by atoms with van der Waals surface area (Å²) in [6.45, 7) is 2.12. The van der Waals surface area contributed by atoms with Gasteiger partial charge in [0.1, 0.15) is 5.82 Å². The van der Waals surface area contributed by atoms with E-state index < -0.39 is 27.6 Å². The van der Waals surface area contributed by atoms with Crippen molar-refractivity contribution >= 4 is 21.1 Å². The number of aryl methyl sites for hydroxylation is 1. The molecule has 33 heavy (non-hydrogen) atoms. The van der Waals surface area contributed by atoms with E-state index in [2.05, 4.69) is 4.40 Å². The Labute approximate surface area is 187 Å². The Morgan fingerprint density at radius 3 is 2.15 bits per heavy atom. The summed E-state index contributed by atoms with van der Waals surface area (Å²) >= 11 is 0. The summed E-state index contributed by atoms with van der Waals surface area (Å²) in [5, 5.41) is 0. The van der Waals surface area contributed by atoms with Gasteiger partial charge >= 0.3 is 6.18 Å². The molecular formula is C23H19F4N3O2S. The van der Waals surface area contributed by atoms with E-state index in [1.165, 1.54) is 47.0 Å². The second-order valence-corrected chi connectivity index (χ2v) is 8.94. The third kappa shape index (κ3) is 4.56. The zero-order valence-electron chi connectivity index (χ0n) is 17.4. The second kappa shape index (κ2) is 8.51. The lowest BCUT2D eigenvalue weighted by Crippen LogP contribution is -2.28. The predicted molar refractivity (Wildman–Crippen MR) is 115 cm³/mol. The molecule has 5 nitrogen and oxygen atoms in total. The van der Waals surface area contributed by atoms with E-state index in [4.69, 9.17) is 0 Å². The van der Waals surface area contributed by atoms with Crippen LogP contribution in [0.2, 0.25) is 0 Å². The van der Waals surface area contributed by atoms with E-state index in [0.717, 1.165) is 12.1 Å². The molecule has 0 saturated carbocycles. The summed E-state index contributed by atoms with van der Waals surface area (Å²) < 4.78 is 86.0. The molecule has 1 heterocycles. The van der Waals surface area contributed by atoms with Crippen LogP contribution in [0.1, 0.15) is 18.1 Å². The first-order chi connectivity index (χ1) is 15.6. The van der Waals surface area contributed by atoms with Gasteiger partial charge in [-0.2, -0.15) is 21.6 Å². The molecule has 1 aromatic heterocycles. The lowest BCUT2D eigenvalue weighted by molar-refractivity contribution is -0.137. The normalized spacial score (nSPS) is 13.1. The third-order valence-electron chi connectivity index (χ3n) is 5.18. The number of sulfonamides is 1. The smallest absolute Gasteiger partial charge is 0.310 e. The maximum atomic E-state index is 14.1. The molecule has 0 unspecified atom stereocenters. The number of aromatic nitrogens is 2. The molecule has 0 bridgehead atoms. The van der Waals surface area contributed by atoms with Gasteiger partial charge in [-0.25, -0.2) is 4.39 Å². The van der Waals surface area contributed by atoms with Crippen LogP contribution in [0.3, 0.4) is 0 Å². The highest BCUT2D eigenvalue weighted by Gasteiger charge is 2.30. The molecule has 0 N–H and O–H groups in total. The van der Waals surface area contributed by atoms with Crippen molar-refractivity contribution in [3.63, 3.8) is 0 Å². The number of rotatable bonds is 5. The van der Waals surface area contributed by atoms with Crippen molar-refractivity contribution in [2.45, 2.75) is 31.1 Å². The van der Waals surface area contributed by atoms with Crippen LogP contribution < -0.4 is 5.62 Å². The van der Waals surface area contributed by atoms with E-state index >= 15 is 0 Å². The zero-order chi connectivity index (χ0) is 23.8. The van der Waals surface area contributed by atoms with Gasteiger partial charge < -0.3 is 9.13 Å². The van der Waals surface area contributed by atoms with Crippen LogP contribution >= 0.6 is 0 Å². The topological polar surface area (TPSA) is 56.4 Å². The molecule has 0 radical (unpaired) electrons. The summed E-state index contributed by atoms with van der Waals surface area (Å²) in [6, 6.07) is 16.2. The van der Waals surface area contributed by atoms with E-state index in [1.807, 2.05) is 0 Å². The minimum atomic E-state index is -4.47. The first-order valence-corrected chi connectivity index (χ1v) is 11.4. The van der Waals surface area contributed by atoms with Crippen molar-refractivity contribution in [2.75, 3.05) is 0 Å². The summed E-state index contributed by atoms with van der Waals surface area (Å²) in [4.78, 5) is -0.00910. The molecule has 4 aromatic rings. The van der Waals surface area contributed by atoms with Gasteiger partial charge in [0.2, 0.25) is 5.62 Å². The highest BCUT2D eigenvalue weighted by atomic mass is 32.2. The molecule has 0 aliphatic carbocycles. The summed E-state index contributed by atoms with van der Waals surface area (Å²) in [7, 11) is -4.10. The molecule has 10 heteroatoms. The van der Waals surface area contributed by atoms with Gasteiger partial charge in [-0.1, -0.05) is 30.3 Å². The maximum Gasteiger partial charge on any atom is 0.416 e. The fourth-order valence-electron chi connectivity index (χ4n) is 3.60. The molecular weight excluding hydrogens is 458 g/mol. The van der Waals surface area contributed by atoms with Crippen LogP contribution in [-0.2, 0) is 29.3 Å². The van der Waals surface area contributed by atoms with Crippen molar-refractivity contribution in [1.82, 2.24) is 9.13 Å². The first kappa shape index (κ1) is 22.8. The predicted octanol–water partition coefficient (Wildman–Crippen LogP) is 4.96. The molecule has 4 rings (SSSR count). The fraction of sp³-hybridized carbons (Fsp3) is 0.174. The standard InChI is InChI=1S/C23H19F4N3O2S/c1-2-29-20-13-12-18(24)14-21(20)30(15-16-8-10-17(11-9-16)23(25,26)27)22(29)28-33(31,32)19-6-4-3-5-7-19/h3-14H,2,15H2,1H3/b28-22+. The molecule has 3 aromatic carbocycles. The van der Waals surface area contributed by atoms with Crippen molar-refractivity contribution < 1.29 is 26.0 Å². The largest absolute Gasteiger partial charge is 0.416 e. The molecule has 0 saturated heterocycles. The minimum absolute atomic E-state index is 0.00572. The molecule has 0 spiro atoms. The van der Waals surface area contributed by atoms with Crippen molar-refractivity contribution in [3.8, 4) is 0 Å². The SMILES string of the molecule is CCn1/c(=N\S(=O)(=O)c2ccccc2)n(Cc2ccc(C(F)(F)F)cc2)c2cc(F)ccc21. The van der Waals surface area contributed by atoms with E-state index in [1.54, 1.807) is 29.7 Å². The number of benzene rings is 3. The average Bonchev–Trinajstić information content (AvgIpc) is 3.05. The molecule has 0 aliphatic heterocycles. The lowest BCUT2D eigenvalue weighted by atomic mass is 10.1. The van der Waals surface area contributed by atoms with Crippen LogP contribution in [0.25, 0.3) is 11.0 Å². The van der Waals surface area contributed by atoms with Crippen LogP contribution in [0, 0.1) is 5.82 Å². The number of halogens is 4. The molecule has 172 valence electrons. The van der Waals surface area contributed by atoms with E-state index in [0.29, 0.717) is 23.1 Å². The molecule has 0 amide bonds. The van der Waals surface area contributed by atoms with Crippen LogP contribution in [0.4, 0.5) is 17.6 Å². The van der Waals surface area contributed by atoms with Gasteiger partial charge in [0.05, 0.1) is 28.0 Å². The quantitative estimate of drug-likeness (QED) is 0.382. The van der Waals surface area contributed by atoms with Gasteiger partial charge in [0, 0.05) is 6.54 Å². The lowest BCUT2D eigenvalue weighted by Gasteiger charge is -2.09. The molecule has 0 aliphatic rings. The maximum absolute atomic E-state index is 14.1. The molecule has 0 fully saturated rings. The highest BCUT2D eigenvalue weighted by Crippen LogP contribution is 2.29. The summed E-state index contributed by atoms with van der Waals surface area (Å²) in [5.41, 5.74) is 0.643. The third-order valence-corrected chi connectivity index (χ3v) is 6.45. The second-order valence-electron chi connectivity index (χ2n) is 7.34. The number of nitrogens with zero attached hydrogens (tertiary/aromatic N) is 3. The van der Waals surface area contributed by atoms with Crippen LogP contribution in [0.5, 0.6) is 0 Å². The zero-order valence-corrected chi connectivity index (χ0v) is 18.2. The van der Waals surface area contributed by atoms with Gasteiger partial charge in [-0.15, -0.1) is 4.40 Å². The Bertz CT molecular complexity index is 1470. The van der Waals surface area contributed by atoms with Gasteiger partial charge in [-0.05, 0) is 55.0 Å². The van der Waals surface area contributed by atoms with Gasteiger partial charge in [-0.3, -0.25) is 0 Å².